The summed E-state index contributed by atoms with van der Waals surface area (Å²) in [5, 5.41) is 23.1. The number of quaternary nitrogens is 1. The van der Waals surface area contributed by atoms with Crippen molar-refractivity contribution in [3.05, 3.63) is 45.4 Å². The van der Waals surface area contributed by atoms with Crippen molar-refractivity contribution >= 4 is 5.91 Å². The third-order valence-electron chi connectivity index (χ3n) is 5.50. The molecule has 0 bridgehead atoms. The summed E-state index contributed by atoms with van der Waals surface area (Å²) in [6, 6.07) is 2.91. The van der Waals surface area contributed by atoms with Gasteiger partial charge in [0.15, 0.2) is 6.10 Å². The Kier molecular flexibility index (Phi) is 4.68. The highest BCUT2D eigenvalue weighted by Gasteiger charge is 2.55. The normalized spacial score (nSPS) is 32.1. The number of ether oxygens (including phenoxy) is 2. The quantitative estimate of drug-likeness (QED) is 0.299. The van der Waals surface area contributed by atoms with Crippen molar-refractivity contribution in [1.82, 2.24) is 9.88 Å². The van der Waals surface area contributed by atoms with Crippen LogP contribution >= 0.6 is 0 Å². The first-order valence-corrected chi connectivity index (χ1v) is 8.79. The predicted molar refractivity (Wildman–Crippen MR) is 88.6 cm³/mol. The van der Waals surface area contributed by atoms with Crippen LogP contribution in [0.2, 0.25) is 0 Å². The van der Waals surface area contributed by atoms with E-state index >= 15 is 0 Å². The second-order valence-electron chi connectivity index (χ2n) is 6.96. The van der Waals surface area contributed by atoms with Gasteiger partial charge in [0.1, 0.15) is 24.9 Å². The predicted octanol–water partition coefficient (Wildman–Crippen LogP) is -0.405. The van der Waals surface area contributed by atoms with Crippen LogP contribution in [0.25, 0.3) is 0 Å². The summed E-state index contributed by atoms with van der Waals surface area (Å²) < 4.78 is 10.7. The molecule has 3 fully saturated rings. The number of hydroxylamine groups is 3. The lowest BCUT2D eigenvalue weighted by molar-refractivity contribution is -0.910. The van der Waals surface area contributed by atoms with Crippen molar-refractivity contribution in [1.29, 1.82) is 0 Å². The molecule has 0 spiro atoms. The molecule has 3 aliphatic heterocycles. The number of fused-ring (bicyclic) bond motifs is 1. The SMILES string of the molecule is O=C(c1cccnc1)N1CC[N+]([O-])([C@H]2CO[C@H]3[C@@H]2OC[C@@H]3O[N+](=O)[O-])CC1. The summed E-state index contributed by atoms with van der Waals surface area (Å²) in [6.07, 6.45) is 1.15. The average Bonchev–Trinajstić information content (AvgIpc) is 3.25. The summed E-state index contributed by atoms with van der Waals surface area (Å²) >= 11 is 0. The molecule has 4 rings (SSSR count). The van der Waals surface area contributed by atoms with Gasteiger partial charge in [0.25, 0.3) is 11.0 Å². The Morgan fingerprint density at radius 3 is 2.70 bits per heavy atom. The molecule has 0 aliphatic carbocycles. The van der Waals surface area contributed by atoms with Crippen LogP contribution in [0, 0.1) is 15.3 Å². The maximum absolute atomic E-state index is 13.4. The molecule has 11 nitrogen and oxygen atoms in total. The van der Waals surface area contributed by atoms with E-state index in [2.05, 4.69) is 9.82 Å². The lowest BCUT2D eigenvalue weighted by Gasteiger charge is -2.52. The monoisotopic (exact) mass is 380 g/mol. The van der Waals surface area contributed by atoms with Crippen LogP contribution < -0.4 is 0 Å². The molecule has 27 heavy (non-hydrogen) atoms. The summed E-state index contributed by atoms with van der Waals surface area (Å²) in [4.78, 5) is 33.3. The fraction of sp³-hybridized carbons (Fsp3) is 0.625. The maximum Gasteiger partial charge on any atom is 0.294 e. The van der Waals surface area contributed by atoms with Crippen molar-refractivity contribution in [2.45, 2.75) is 24.4 Å². The summed E-state index contributed by atoms with van der Waals surface area (Å²) in [7, 11) is 0. The first-order valence-electron chi connectivity index (χ1n) is 8.79. The van der Waals surface area contributed by atoms with E-state index in [1.807, 2.05) is 0 Å². The zero-order valence-corrected chi connectivity index (χ0v) is 14.5. The number of carbonyl (C=O) groups excluding carboxylic acids is 1. The van der Waals surface area contributed by atoms with Crippen LogP contribution in [0.3, 0.4) is 0 Å². The molecule has 4 atom stereocenters. The van der Waals surface area contributed by atoms with E-state index in [1.54, 1.807) is 23.2 Å². The lowest BCUT2D eigenvalue weighted by Crippen LogP contribution is -2.64. The number of aromatic nitrogens is 1. The van der Waals surface area contributed by atoms with Gasteiger partial charge < -0.3 is 29.1 Å². The summed E-state index contributed by atoms with van der Waals surface area (Å²) in [5.41, 5.74) is 0.492. The number of hydrogen-bond donors (Lipinski definition) is 0. The number of pyridine rings is 1. The van der Waals surface area contributed by atoms with Crippen LogP contribution in [0.1, 0.15) is 10.4 Å². The third kappa shape index (κ3) is 3.34. The van der Waals surface area contributed by atoms with Crippen LogP contribution in [0.5, 0.6) is 0 Å². The second-order valence-corrected chi connectivity index (χ2v) is 6.96. The van der Waals surface area contributed by atoms with Gasteiger partial charge in [-0.1, -0.05) is 0 Å². The van der Waals surface area contributed by atoms with Gasteiger partial charge in [-0.05, 0) is 12.1 Å². The molecule has 1 amide bonds. The molecule has 0 N–H and O–H groups in total. The van der Waals surface area contributed by atoms with Gasteiger partial charge in [-0.3, -0.25) is 9.78 Å². The number of hydrogen-bond acceptors (Lipinski definition) is 8. The number of amides is 1. The standard InChI is InChI=1S/C16H20N4O7/c21-16(11-2-1-3-17-8-11)18-4-6-20(24,7-5-18)12-9-25-15-13(27-19(22)23)10-26-14(12)15/h1-3,8,12-15H,4-7,9-10H2/t12-,13-,14+,15+/m0/s1. The van der Waals surface area contributed by atoms with Gasteiger partial charge in [0.05, 0.1) is 38.3 Å². The first kappa shape index (κ1) is 18.0. The van der Waals surface area contributed by atoms with E-state index in [0.29, 0.717) is 18.7 Å². The molecule has 1 aromatic rings. The van der Waals surface area contributed by atoms with Gasteiger partial charge in [-0.25, -0.2) is 0 Å². The van der Waals surface area contributed by atoms with Crippen LogP contribution in [-0.2, 0) is 14.3 Å². The van der Waals surface area contributed by atoms with E-state index in [9.17, 15) is 20.1 Å². The Morgan fingerprint density at radius 1 is 1.30 bits per heavy atom. The topological polar surface area (TPSA) is 127 Å². The molecular weight excluding hydrogens is 360 g/mol. The minimum atomic E-state index is -0.864. The molecule has 11 heteroatoms. The van der Waals surface area contributed by atoms with E-state index in [-0.39, 0.29) is 32.2 Å². The van der Waals surface area contributed by atoms with Crippen LogP contribution in [-0.4, -0.2) is 89.3 Å². The van der Waals surface area contributed by atoms with Gasteiger partial charge in [-0.15, -0.1) is 10.1 Å². The Bertz CT molecular complexity index is 710. The highest BCUT2D eigenvalue weighted by molar-refractivity contribution is 5.93. The van der Waals surface area contributed by atoms with Gasteiger partial charge in [-0.2, -0.15) is 0 Å². The Labute approximate surface area is 154 Å². The van der Waals surface area contributed by atoms with Crippen molar-refractivity contribution in [2.75, 3.05) is 39.4 Å². The van der Waals surface area contributed by atoms with Crippen molar-refractivity contribution in [2.24, 2.45) is 0 Å². The molecular formula is C16H20N4O7. The molecule has 4 heterocycles. The highest BCUT2D eigenvalue weighted by Crippen LogP contribution is 2.35. The van der Waals surface area contributed by atoms with Crippen molar-refractivity contribution in [3.63, 3.8) is 0 Å². The first-order chi connectivity index (χ1) is 13.0. The molecule has 3 aliphatic rings. The van der Waals surface area contributed by atoms with E-state index in [1.165, 1.54) is 6.20 Å². The molecule has 1 aromatic heterocycles. The Balaban J connectivity index is 1.39. The smallest absolute Gasteiger partial charge is 0.294 e. The molecule has 0 unspecified atom stereocenters. The van der Waals surface area contributed by atoms with E-state index < -0.39 is 34.1 Å². The van der Waals surface area contributed by atoms with Gasteiger partial charge in [0.2, 0.25) is 0 Å². The fourth-order valence-corrected chi connectivity index (χ4v) is 4.06. The van der Waals surface area contributed by atoms with Crippen LogP contribution in [0.4, 0.5) is 0 Å². The Morgan fingerprint density at radius 2 is 2.04 bits per heavy atom. The van der Waals surface area contributed by atoms with Crippen molar-refractivity contribution < 1.29 is 28.8 Å². The summed E-state index contributed by atoms with van der Waals surface area (Å²) in [6.45, 7) is 1.26. The molecule has 3 saturated heterocycles. The number of carbonyl (C=O) groups is 1. The molecule has 146 valence electrons. The molecule has 0 saturated carbocycles. The molecule has 0 radical (unpaired) electrons. The minimum Gasteiger partial charge on any atom is -0.632 e. The van der Waals surface area contributed by atoms with Crippen molar-refractivity contribution in [3.8, 4) is 0 Å². The van der Waals surface area contributed by atoms with E-state index in [4.69, 9.17) is 9.47 Å². The fourth-order valence-electron chi connectivity index (χ4n) is 4.06. The largest absolute Gasteiger partial charge is 0.632 e. The van der Waals surface area contributed by atoms with E-state index in [0.717, 1.165) is 0 Å². The van der Waals surface area contributed by atoms with Gasteiger partial charge in [0, 0.05) is 12.4 Å². The lowest BCUT2D eigenvalue weighted by atomic mass is 10.0. The zero-order chi connectivity index (χ0) is 19.0. The second kappa shape index (κ2) is 7.00. The van der Waals surface area contributed by atoms with Gasteiger partial charge >= 0.3 is 0 Å². The highest BCUT2D eigenvalue weighted by atomic mass is 17.0. The zero-order valence-electron chi connectivity index (χ0n) is 14.5. The van der Waals surface area contributed by atoms with Crippen LogP contribution in [0.15, 0.2) is 24.5 Å². The number of piperazine rings is 1. The summed E-state index contributed by atoms with van der Waals surface area (Å²) in [5.74, 6) is -0.147. The Hall–Kier alpha value is -2.34. The third-order valence-corrected chi connectivity index (χ3v) is 5.50. The maximum atomic E-state index is 13.4. The average molecular weight is 380 g/mol. The number of nitrogens with zero attached hydrogens (tertiary/aromatic N) is 4. The number of rotatable bonds is 4. The molecule has 0 aromatic carbocycles. The minimum absolute atomic E-state index is 0.0262.